The molecule has 1 fully saturated rings. The van der Waals surface area contributed by atoms with E-state index in [1.54, 1.807) is 29.4 Å². The summed E-state index contributed by atoms with van der Waals surface area (Å²) in [4.78, 5) is 14.5. The first-order chi connectivity index (χ1) is 13.8. The lowest BCUT2D eigenvalue weighted by Gasteiger charge is -2.08. The summed E-state index contributed by atoms with van der Waals surface area (Å²) in [6, 6.07) is 10.9. The van der Waals surface area contributed by atoms with Gasteiger partial charge in [-0.3, -0.25) is 4.57 Å². The van der Waals surface area contributed by atoms with E-state index in [1.807, 2.05) is 12.3 Å². The van der Waals surface area contributed by atoms with Gasteiger partial charge in [0.25, 0.3) is 0 Å². The highest BCUT2D eigenvalue weighted by molar-refractivity contribution is 7.99. The van der Waals surface area contributed by atoms with E-state index in [4.69, 9.17) is 0 Å². The summed E-state index contributed by atoms with van der Waals surface area (Å²) in [5.74, 6) is 0.925. The van der Waals surface area contributed by atoms with Gasteiger partial charge in [-0.05, 0) is 43.7 Å². The molecule has 6 nitrogen and oxygen atoms in total. The van der Waals surface area contributed by atoms with Crippen LogP contribution in [0.15, 0.2) is 53.0 Å². The summed E-state index contributed by atoms with van der Waals surface area (Å²) in [7, 11) is 0. The predicted molar refractivity (Wildman–Crippen MR) is 112 cm³/mol. The fourth-order valence-electron chi connectivity index (χ4n) is 3.57. The number of rotatable bonds is 4. The molecule has 0 aliphatic heterocycles. The SMILES string of the molecule is Cc1cc2c(Sc3nnc(-c4c[nH]c5ccccc45)n3C3CC3)ncnc2s1. The highest BCUT2D eigenvalue weighted by Gasteiger charge is 2.31. The Morgan fingerprint density at radius 1 is 1.14 bits per heavy atom. The van der Waals surface area contributed by atoms with Crippen LogP contribution in [0.2, 0.25) is 0 Å². The highest BCUT2D eigenvalue weighted by atomic mass is 32.2. The van der Waals surface area contributed by atoms with Gasteiger partial charge in [0.2, 0.25) is 0 Å². The van der Waals surface area contributed by atoms with Crippen LogP contribution in [0.5, 0.6) is 0 Å². The van der Waals surface area contributed by atoms with Crippen molar-refractivity contribution in [3.8, 4) is 11.4 Å². The first-order valence-electron chi connectivity index (χ1n) is 9.18. The molecular weight excluding hydrogens is 388 g/mol. The zero-order valence-corrected chi connectivity index (χ0v) is 16.7. The number of aryl methyl sites for hydroxylation is 1. The molecule has 0 atom stereocenters. The zero-order valence-electron chi connectivity index (χ0n) is 15.1. The van der Waals surface area contributed by atoms with Crippen LogP contribution in [-0.4, -0.2) is 29.7 Å². The Kier molecular flexibility index (Phi) is 3.57. The molecule has 138 valence electrons. The standard InChI is InChI=1S/C20H16N6S2/c1-11-8-14-18(27-11)22-10-23-19(14)28-20-25-24-17(26(20)12-6-7-12)15-9-21-16-5-3-2-4-13(15)16/h2-5,8-10,12,21H,6-7H2,1H3. The van der Waals surface area contributed by atoms with E-state index in [-0.39, 0.29) is 0 Å². The number of nitrogens with one attached hydrogen (secondary N) is 1. The van der Waals surface area contributed by atoms with Crippen molar-refractivity contribution in [3.05, 3.63) is 47.7 Å². The van der Waals surface area contributed by atoms with Gasteiger partial charge in [0.1, 0.15) is 16.2 Å². The molecule has 1 N–H and O–H groups in total. The fraction of sp³-hybridized carbons (Fsp3) is 0.200. The average molecular weight is 405 g/mol. The fourth-order valence-corrected chi connectivity index (χ4v) is 5.44. The van der Waals surface area contributed by atoms with Gasteiger partial charge in [-0.25, -0.2) is 9.97 Å². The van der Waals surface area contributed by atoms with E-state index in [1.165, 1.54) is 10.3 Å². The smallest absolute Gasteiger partial charge is 0.198 e. The Balaban J connectivity index is 1.48. The Labute approximate surface area is 169 Å². The minimum atomic E-state index is 0.461. The number of nitrogens with zero attached hydrogens (tertiary/aromatic N) is 5. The van der Waals surface area contributed by atoms with Crippen molar-refractivity contribution in [1.29, 1.82) is 0 Å². The molecule has 1 saturated carbocycles. The number of hydrogen-bond acceptors (Lipinski definition) is 6. The number of aromatic nitrogens is 6. The predicted octanol–water partition coefficient (Wildman–Crippen LogP) is 5.23. The van der Waals surface area contributed by atoms with E-state index >= 15 is 0 Å². The molecule has 5 aromatic rings. The van der Waals surface area contributed by atoms with Crippen molar-refractivity contribution in [2.45, 2.75) is 36.0 Å². The summed E-state index contributed by atoms with van der Waals surface area (Å²) in [5.41, 5.74) is 2.21. The number of fused-ring (bicyclic) bond motifs is 2. The quantitative estimate of drug-likeness (QED) is 0.416. The Morgan fingerprint density at radius 2 is 2.04 bits per heavy atom. The zero-order chi connectivity index (χ0) is 18.7. The van der Waals surface area contributed by atoms with Crippen LogP contribution in [0.25, 0.3) is 32.5 Å². The van der Waals surface area contributed by atoms with Crippen LogP contribution in [0.4, 0.5) is 0 Å². The van der Waals surface area contributed by atoms with E-state index in [0.29, 0.717) is 6.04 Å². The van der Waals surface area contributed by atoms with Gasteiger partial charge in [-0.15, -0.1) is 21.5 Å². The van der Waals surface area contributed by atoms with Gasteiger partial charge < -0.3 is 4.98 Å². The highest BCUT2D eigenvalue weighted by Crippen LogP contribution is 2.44. The van der Waals surface area contributed by atoms with E-state index in [0.717, 1.165) is 50.1 Å². The van der Waals surface area contributed by atoms with Crippen LogP contribution >= 0.6 is 23.1 Å². The summed E-state index contributed by atoms with van der Waals surface area (Å²) in [5, 5.41) is 13.2. The number of aromatic amines is 1. The molecule has 1 aliphatic rings. The second-order valence-electron chi connectivity index (χ2n) is 7.01. The van der Waals surface area contributed by atoms with Gasteiger partial charge in [0.05, 0.1) is 0 Å². The Hall–Kier alpha value is -2.71. The molecule has 1 aliphatic carbocycles. The molecule has 0 saturated heterocycles. The first-order valence-corrected chi connectivity index (χ1v) is 10.8. The minimum Gasteiger partial charge on any atom is -0.360 e. The molecule has 0 spiro atoms. The summed E-state index contributed by atoms with van der Waals surface area (Å²) < 4.78 is 2.29. The van der Waals surface area contributed by atoms with E-state index in [9.17, 15) is 0 Å². The van der Waals surface area contributed by atoms with E-state index < -0.39 is 0 Å². The van der Waals surface area contributed by atoms with Crippen LogP contribution in [-0.2, 0) is 0 Å². The van der Waals surface area contributed by atoms with Crippen molar-refractivity contribution in [3.63, 3.8) is 0 Å². The van der Waals surface area contributed by atoms with Crippen LogP contribution in [0, 0.1) is 6.92 Å². The molecule has 8 heteroatoms. The molecule has 4 aromatic heterocycles. The van der Waals surface area contributed by atoms with Crippen molar-refractivity contribution in [2.75, 3.05) is 0 Å². The third-order valence-corrected chi connectivity index (χ3v) is 6.95. The number of thiophene rings is 1. The topological polar surface area (TPSA) is 72.3 Å². The molecule has 1 aromatic carbocycles. The Morgan fingerprint density at radius 3 is 2.93 bits per heavy atom. The average Bonchev–Trinajstić information content (AvgIpc) is 3.13. The van der Waals surface area contributed by atoms with Crippen molar-refractivity contribution < 1.29 is 0 Å². The lowest BCUT2D eigenvalue weighted by molar-refractivity contribution is 0.669. The van der Waals surface area contributed by atoms with Gasteiger partial charge in [0, 0.05) is 39.0 Å². The monoisotopic (exact) mass is 404 g/mol. The number of benzene rings is 1. The molecule has 28 heavy (non-hydrogen) atoms. The maximum absolute atomic E-state index is 4.58. The maximum Gasteiger partial charge on any atom is 0.198 e. The molecule has 0 radical (unpaired) electrons. The molecule has 4 heterocycles. The number of H-pyrrole nitrogens is 1. The Bertz CT molecular complexity index is 1330. The summed E-state index contributed by atoms with van der Waals surface area (Å²) in [6.45, 7) is 2.10. The maximum atomic E-state index is 4.58. The normalized spacial score (nSPS) is 14.3. The minimum absolute atomic E-state index is 0.461. The van der Waals surface area contributed by atoms with Gasteiger partial charge in [-0.1, -0.05) is 18.2 Å². The second kappa shape index (κ2) is 6.15. The number of hydrogen-bond donors (Lipinski definition) is 1. The third kappa shape index (κ3) is 2.56. The second-order valence-corrected chi connectivity index (χ2v) is 9.20. The van der Waals surface area contributed by atoms with Crippen molar-refractivity contribution >= 4 is 44.2 Å². The summed E-state index contributed by atoms with van der Waals surface area (Å²) in [6.07, 6.45) is 6.00. The number of para-hydroxylation sites is 1. The van der Waals surface area contributed by atoms with Crippen LogP contribution < -0.4 is 0 Å². The molecule has 0 unspecified atom stereocenters. The van der Waals surface area contributed by atoms with E-state index in [2.05, 4.69) is 60.9 Å². The molecular formula is C20H16N6S2. The molecule has 0 bridgehead atoms. The van der Waals surface area contributed by atoms with Gasteiger partial charge >= 0.3 is 0 Å². The van der Waals surface area contributed by atoms with Gasteiger partial charge in [-0.2, -0.15) is 0 Å². The molecule has 6 rings (SSSR count). The van der Waals surface area contributed by atoms with Gasteiger partial charge in [0.15, 0.2) is 11.0 Å². The third-order valence-electron chi connectivity index (χ3n) is 5.01. The van der Waals surface area contributed by atoms with Crippen LogP contribution in [0.3, 0.4) is 0 Å². The van der Waals surface area contributed by atoms with Crippen LogP contribution in [0.1, 0.15) is 23.8 Å². The largest absolute Gasteiger partial charge is 0.360 e. The van der Waals surface area contributed by atoms with Crippen molar-refractivity contribution in [2.24, 2.45) is 0 Å². The van der Waals surface area contributed by atoms with Crippen molar-refractivity contribution in [1.82, 2.24) is 29.7 Å². The first kappa shape index (κ1) is 16.3. The molecule has 0 amide bonds. The summed E-state index contributed by atoms with van der Waals surface area (Å²) >= 11 is 3.28. The lowest BCUT2D eigenvalue weighted by Crippen LogP contribution is -1.99. The lowest BCUT2D eigenvalue weighted by atomic mass is 10.1.